The van der Waals surface area contributed by atoms with Gasteiger partial charge >= 0.3 is 5.97 Å². The van der Waals surface area contributed by atoms with Gasteiger partial charge in [-0.1, -0.05) is 67.9 Å². The maximum atomic E-state index is 13.0. The van der Waals surface area contributed by atoms with Crippen molar-refractivity contribution < 1.29 is 19.4 Å². The minimum Gasteiger partial charge on any atom is -0.493 e. The second kappa shape index (κ2) is 15.1. The summed E-state index contributed by atoms with van der Waals surface area (Å²) in [6.45, 7) is 10.1. The Morgan fingerprint density at radius 2 is 1.81 bits per heavy atom. The van der Waals surface area contributed by atoms with Crippen LogP contribution in [0.5, 0.6) is 5.75 Å². The van der Waals surface area contributed by atoms with Gasteiger partial charge in [0.05, 0.1) is 22.8 Å². The number of nitrogens with zero attached hydrogens (tertiary/aromatic N) is 3. The summed E-state index contributed by atoms with van der Waals surface area (Å²) in [5.41, 5.74) is 5.78. The number of rotatable bonds is 9. The Labute approximate surface area is 288 Å². The van der Waals surface area contributed by atoms with Gasteiger partial charge < -0.3 is 24.5 Å². The van der Waals surface area contributed by atoms with Gasteiger partial charge in [-0.3, -0.25) is 4.68 Å². The molecule has 1 unspecified atom stereocenters. The fraction of sp³-hybridized carbons (Fsp3) is 0.436. The van der Waals surface area contributed by atoms with Crippen molar-refractivity contribution >= 4 is 39.2 Å². The van der Waals surface area contributed by atoms with Crippen molar-refractivity contribution in [3.8, 4) is 16.9 Å². The number of carboxylic acids is 1. The van der Waals surface area contributed by atoms with Crippen LogP contribution in [0.2, 0.25) is 5.02 Å². The van der Waals surface area contributed by atoms with Gasteiger partial charge in [-0.05, 0) is 87.5 Å². The van der Waals surface area contributed by atoms with Crippen LogP contribution < -0.4 is 10.1 Å². The van der Waals surface area contributed by atoms with Crippen molar-refractivity contribution in [3.05, 3.63) is 82.3 Å². The van der Waals surface area contributed by atoms with E-state index in [0.29, 0.717) is 49.2 Å². The Kier molecular flexibility index (Phi) is 10.7. The van der Waals surface area contributed by atoms with Crippen LogP contribution in [0.15, 0.2) is 54.6 Å². The lowest BCUT2D eigenvalue weighted by atomic mass is 9.95. The molecular formula is C39H47ClN4O4. The molecule has 0 spiro atoms. The lowest BCUT2D eigenvalue weighted by Crippen LogP contribution is -2.12. The summed E-state index contributed by atoms with van der Waals surface area (Å²) in [5.74, 6) is 0.369. The van der Waals surface area contributed by atoms with Crippen molar-refractivity contribution in [3.63, 3.8) is 0 Å². The summed E-state index contributed by atoms with van der Waals surface area (Å²) in [7, 11) is 1.95. The largest absolute Gasteiger partial charge is 0.493 e. The maximum Gasteiger partial charge on any atom is 0.352 e. The minimum atomic E-state index is -0.923. The molecule has 1 aliphatic heterocycles. The SMILES string of the molecule is CCNCC.Cc1c2c(nn1C)C(C1CC1)OCCCCn1c(C(=O)O)c(CCCOc3cccc4ccccc34)c3ccc(Cl)c-2c31. The standard InChI is InChI=1S/C35H36ClN3O4.C4H11N/c1-21-29-30-27(36)17-16-26-25(12-8-20-42-28-13-7-10-22-9-3-4-11-24(22)28)33(35(40)41)39(32(26)30)18-5-6-19-43-34(23-14-15-23)31(29)37-38(21)2;1-3-5-4-2/h3-4,7,9-11,13,16-17,23,34H,5-6,8,12,14-15,18-20H2,1-2H3,(H,40,41);5H,3-4H2,1-2H3. The van der Waals surface area contributed by atoms with E-state index in [1.807, 2.05) is 52.7 Å². The average molecular weight is 671 g/mol. The smallest absolute Gasteiger partial charge is 0.352 e. The summed E-state index contributed by atoms with van der Waals surface area (Å²) in [5, 5.41) is 22.4. The number of aryl methyl sites for hydroxylation is 3. The molecule has 9 heteroatoms. The Bertz CT molecular complexity index is 1900. The van der Waals surface area contributed by atoms with Crippen LogP contribution in [-0.4, -0.2) is 51.7 Å². The van der Waals surface area contributed by atoms with Gasteiger partial charge in [-0.25, -0.2) is 4.79 Å². The fourth-order valence-electron chi connectivity index (χ4n) is 7.02. The van der Waals surface area contributed by atoms with Crippen molar-refractivity contribution in [2.75, 3.05) is 26.3 Å². The van der Waals surface area contributed by atoms with Crippen LogP contribution >= 0.6 is 11.6 Å². The summed E-state index contributed by atoms with van der Waals surface area (Å²) >= 11 is 7.05. The minimum absolute atomic E-state index is 0.0904. The molecule has 3 aromatic carbocycles. The van der Waals surface area contributed by atoms with Crippen molar-refractivity contribution in [1.29, 1.82) is 0 Å². The second-order valence-electron chi connectivity index (χ2n) is 12.8. The molecule has 1 aliphatic carbocycles. The molecule has 1 saturated carbocycles. The highest BCUT2D eigenvalue weighted by atomic mass is 35.5. The Morgan fingerprint density at radius 1 is 1.04 bits per heavy atom. The normalized spacial score (nSPS) is 16.2. The second-order valence-corrected chi connectivity index (χ2v) is 13.2. The van der Waals surface area contributed by atoms with E-state index >= 15 is 0 Å². The Balaban J connectivity index is 0.000000749. The first kappa shape index (κ1) is 34.0. The zero-order valence-electron chi connectivity index (χ0n) is 28.5. The third kappa shape index (κ3) is 6.84. The monoisotopic (exact) mass is 670 g/mol. The first-order valence-electron chi connectivity index (χ1n) is 17.4. The molecule has 7 rings (SSSR count). The number of benzene rings is 3. The summed E-state index contributed by atoms with van der Waals surface area (Å²) in [4.78, 5) is 13.0. The van der Waals surface area contributed by atoms with E-state index in [9.17, 15) is 9.90 Å². The number of aromatic carboxylic acids is 1. The summed E-state index contributed by atoms with van der Waals surface area (Å²) in [6, 6.07) is 18.1. The molecule has 0 saturated heterocycles. The predicted molar refractivity (Wildman–Crippen MR) is 193 cm³/mol. The third-order valence-corrected chi connectivity index (χ3v) is 9.88. The topological polar surface area (TPSA) is 90.5 Å². The molecule has 48 heavy (non-hydrogen) atoms. The van der Waals surface area contributed by atoms with E-state index in [2.05, 4.69) is 44.3 Å². The van der Waals surface area contributed by atoms with E-state index in [1.54, 1.807) is 0 Å². The summed E-state index contributed by atoms with van der Waals surface area (Å²) < 4.78 is 16.6. The van der Waals surface area contributed by atoms with Gasteiger partial charge in [-0.2, -0.15) is 5.10 Å². The van der Waals surface area contributed by atoms with Crippen molar-refractivity contribution in [2.45, 2.75) is 71.9 Å². The Hall–Kier alpha value is -3.85. The van der Waals surface area contributed by atoms with Crippen LogP contribution in [-0.2, 0) is 24.8 Å². The molecule has 0 radical (unpaired) electrons. The summed E-state index contributed by atoms with van der Waals surface area (Å²) in [6.07, 6.45) is 5.06. The average Bonchev–Trinajstić information content (AvgIpc) is 3.82. The molecule has 1 fully saturated rings. The third-order valence-electron chi connectivity index (χ3n) is 9.56. The highest BCUT2D eigenvalue weighted by molar-refractivity contribution is 6.35. The highest BCUT2D eigenvalue weighted by Gasteiger charge is 2.38. The first-order chi connectivity index (χ1) is 23.3. The molecule has 3 heterocycles. The fourth-order valence-corrected chi connectivity index (χ4v) is 7.26. The number of carboxylic acid groups (broad SMARTS) is 1. The van der Waals surface area contributed by atoms with Crippen molar-refractivity contribution in [2.24, 2.45) is 13.0 Å². The highest BCUT2D eigenvalue weighted by Crippen LogP contribution is 2.49. The quantitative estimate of drug-likeness (QED) is 0.152. The molecule has 2 N–H and O–H groups in total. The number of hydrogen-bond acceptors (Lipinski definition) is 5. The lowest BCUT2D eigenvalue weighted by Gasteiger charge is -2.18. The van der Waals surface area contributed by atoms with E-state index < -0.39 is 5.97 Å². The van der Waals surface area contributed by atoms with Gasteiger partial charge in [0.1, 0.15) is 17.5 Å². The number of fused-ring (bicyclic) bond motifs is 3. The molecule has 8 nitrogen and oxygen atoms in total. The molecule has 254 valence electrons. The molecule has 0 bridgehead atoms. The first-order valence-corrected chi connectivity index (χ1v) is 17.8. The molecule has 2 aliphatic rings. The van der Waals surface area contributed by atoms with Gasteiger partial charge in [0.25, 0.3) is 0 Å². The van der Waals surface area contributed by atoms with E-state index in [4.69, 9.17) is 26.2 Å². The van der Waals surface area contributed by atoms with E-state index in [1.165, 1.54) is 0 Å². The lowest BCUT2D eigenvalue weighted by molar-refractivity contribution is 0.0317. The molecular weight excluding hydrogens is 624 g/mol. The zero-order chi connectivity index (χ0) is 33.8. The van der Waals surface area contributed by atoms with Gasteiger partial charge in [0.2, 0.25) is 0 Å². The predicted octanol–water partition coefficient (Wildman–Crippen LogP) is 8.74. The molecule has 0 amide bonds. The van der Waals surface area contributed by atoms with E-state index in [-0.39, 0.29) is 6.10 Å². The number of halogens is 1. The number of carbonyl (C=O) groups is 1. The zero-order valence-corrected chi connectivity index (χ0v) is 29.3. The van der Waals surface area contributed by atoms with Crippen LogP contribution in [0.1, 0.15) is 79.5 Å². The van der Waals surface area contributed by atoms with Crippen LogP contribution in [0, 0.1) is 12.8 Å². The van der Waals surface area contributed by atoms with Crippen LogP contribution in [0.25, 0.3) is 32.8 Å². The number of hydrogen-bond donors (Lipinski definition) is 2. The molecule has 2 aromatic heterocycles. The molecule has 5 aromatic rings. The molecule has 1 atom stereocenters. The van der Waals surface area contributed by atoms with Gasteiger partial charge in [0.15, 0.2) is 0 Å². The van der Waals surface area contributed by atoms with Gasteiger partial charge in [0, 0.05) is 47.8 Å². The Morgan fingerprint density at radius 3 is 2.54 bits per heavy atom. The van der Waals surface area contributed by atoms with Crippen molar-refractivity contribution in [1.82, 2.24) is 19.7 Å². The maximum absolute atomic E-state index is 13.0. The number of aromatic nitrogens is 3. The number of ether oxygens (including phenoxy) is 2. The number of nitrogens with one attached hydrogen (secondary N) is 1. The van der Waals surface area contributed by atoms with Crippen LogP contribution in [0.3, 0.4) is 0 Å². The van der Waals surface area contributed by atoms with E-state index in [0.717, 1.165) is 94.3 Å². The van der Waals surface area contributed by atoms with Crippen LogP contribution in [0.4, 0.5) is 0 Å². The van der Waals surface area contributed by atoms with Gasteiger partial charge in [-0.15, -0.1) is 0 Å².